The van der Waals surface area contributed by atoms with Gasteiger partial charge in [-0.05, 0) is 24.3 Å². The van der Waals surface area contributed by atoms with E-state index < -0.39 is 12.1 Å². The van der Waals surface area contributed by atoms with Gasteiger partial charge in [-0.15, -0.1) is 0 Å². The number of carbonyl (C=O) groups excluding carboxylic acids is 1. The Hall–Kier alpha value is -1.19. The summed E-state index contributed by atoms with van der Waals surface area (Å²) in [5, 5.41) is 17.6. The molecule has 2 rings (SSSR count). The van der Waals surface area contributed by atoms with Crippen molar-refractivity contribution in [3.63, 3.8) is 0 Å². The monoisotopic (exact) mass is 234 g/mol. The molecule has 1 saturated carbocycles. The van der Waals surface area contributed by atoms with Crippen LogP contribution in [-0.4, -0.2) is 22.3 Å². The molecule has 2 N–H and O–H groups in total. The van der Waals surface area contributed by atoms with Crippen molar-refractivity contribution < 1.29 is 15.0 Å². The van der Waals surface area contributed by atoms with Crippen molar-refractivity contribution in [3.8, 4) is 0 Å². The number of hydrogen-bond acceptors (Lipinski definition) is 3. The first kappa shape index (κ1) is 12.3. The van der Waals surface area contributed by atoms with E-state index in [1.165, 1.54) is 37.7 Å². The fraction of sp³-hybridized carbons (Fsp3) is 0.500. The lowest BCUT2D eigenvalue weighted by Crippen LogP contribution is -2.19. The van der Waals surface area contributed by atoms with Crippen LogP contribution in [0.25, 0.3) is 0 Å². The van der Waals surface area contributed by atoms with Gasteiger partial charge in [0.15, 0.2) is 0 Å². The molecule has 0 saturated heterocycles. The highest BCUT2D eigenvalue weighted by molar-refractivity contribution is 5.98. The van der Waals surface area contributed by atoms with Crippen LogP contribution in [0.5, 0.6) is 0 Å². The van der Waals surface area contributed by atoms with E-state index >= 15 is 0 Å². The summed E-state index contributed by atoms with van der Waals surface area (Å²) in [6.07, 6.45) is 4.41. The molecule has 1 aromatic rings. The topological polar surface area (TPSA) is 57.5 Å². The molecule has 1 aliphatic rings. The van der Waals surface area contributed by atoms with Gasteiger partial charge in [0.05, 0.1) is 0 Å². The Kier molecular flexibility index (Phi) is 3.92. The molecular formula is C14H18O3. The van der Waals surface area contributed by atoms with E-state index in [9.17, 15) is 4.79 Å². The lowest BCUT2D eigenvalue weighted by atomic mass is 9.84. The Bertz CT molecular complexity index is 375. The van der Waals surface area contributed by atoms with Crippen molar-refractivity contribution in [1.82, 2.24) is 0 Å². The number of hydrogen-bond donors (Lipinski definition) is 2. The molecular weight excluding hydrogens is 216 g/mol. The van der Waals surface area contributed by atoms with E-state index in [1.54, 1.807) is 12.1 Å². The van der Waals surface area contributed by atoms with Gasteiger partial charge in [-0.1, -0.05) is 43.5 Å². The van der Waals surface area contributed by atoms with E-state index in [0.717, 1.165) is 0 Å². The molecule has 0 amide bonds. The van der Waals surface area contributed by atoms with Crippen molar-refractivity contribution in [3.05, 3.63) is 35.4 Å². The minimum absolute atomic E-state index is 0.361. The number of Topliss-reactive ketones (excluding diaryl/α,β-unsaturated/α-hetero) is 1. The van der Waals surface area contributed by atoms with Gasteiger partial charge in [0.1, 0.15) is 0 Å². The molecule has 1 fully saturated rings. The fourth-order valence-corrected chi connectivity index (χ4v) is 2.50. The van der Waals surface area contributed by atoms with Gasteiger partial charge in [0.25, 0.3) is 0 Å². The second-order valence-electron chi connectivity index (χ2n) is 4.69. The highest BCUT2D eigenvalue weighted by Gasteiger charge is 2.17. The van der Waals surface area contributed by atoms with Crippen LogP contribution in [0, 0.1) is 0 Å². The lowest BCUT2D eigenvalue weighted by Gasteiger charge is -2.22. The van der Waals surface area contributed by atoms with Gasteiger partial charge >= 0.3 is 0 Å². The molecule has 3 heteroatoms. The molecule has 0 radical (unpaired) electrons. The molecule has 0 heterocycles. The maximum Gasteiger partial charge on any atom is 0.218 e. The highest BCUT2D eigenvalue weighted by atomic mass is 16.5. The Morgan fingerprint density at radius 2 is 1.65 bits per heavy atom. The summed E-state index contributed by atoms with van der Waals surface area (Å²) in [5.41, 5.74) is 1.62. The molecule has 17 heavy (non-hydrogen) atoms. The molecule has 0 aliphatic heterocycles. The Morgan fingerprint density at radius 3 is 2.18 bits per heavy atom. The summed E-state index contributed by atoms with van der Waals surface area (Å²) in [5.74, 6) is -0.0350. The molecule has 0 unspecified atom stereocenters. The SMILES string of the molecule is O=C(c1ccc(C2CCCCC2)cc1)C(O)O. The van der Waals surface area contributed by atoms with Crippen molar-refractivity contribution in [2.75, 3.05) is 0 Å². The first-order valence-electron chi connectivity index (χ1n) is 6.19. The number of ketones is 1. The van der Waals surface area contributed by atoms with Gasteiger partial charge in [0, 0.05) is 5.56 Å². The van der Waals surface area contributed by atoms with Crippen LogP contribution in [0.4, 0.5) is 0 Å². The zero-order chi connectivity index (χ0) is 12.3. The minimum atomic E-state index is -1.91. The Morgan fingerprint density at radius 1 is 1.06 bits per heavy atom. The molecule has 0 bridgehead atoms. The second kappa shape index (κ2) is 5.43. The summed E-state index contributed by atoms with van der Waals surface area (Å²) >= 11 is 0. The quantitative estimate of drug-likeness (QED) is 0.623. The largest absolute Gasteiger partial charge is 0.362 e. The normalized spacial score (nSPS) is 17.4. The number of rotatable bonds is 3. The number of aliphatic hydroxyl groups excluding tert-OH is 1. The van der Waals surface area contributed by atoms with Crippen LogP contribution < -0.4 is 0 Å². The van der Waals surface area contributed by atoms with Crippen molar-refractivity contribution >= 4 is 5.78 Å². The summed E-state index contributed by atoms with van der Waals surface area (Å²) in [4.78, 5) is 11.3. The first-order valence-corrected chi connectivity index (χ1v) is 6.19. The Balaban J connectivity index is 2.09. The second-order valence-corrected chi connectivity index (χ2v) is 4.69. The number of aliphatic hydroxyl groups is 2. The average Bonchev–Trinajstić information content (AvgIpc) is 2.39. The van der Waals surface area contributed by atoms with Crippen molar-refractivity contribution in [2.24, 2.45) is 0 Å². The molecule has 1 aromatic carbocycles. The highest BCUT2D eigenvalue weighted by Crippen LogP contribution is 2.32. The molecule has 0 aromatic heterocycles. The van der Waals surface area contributed by atoms with Crippen LogP contribution in [-0.2, 0) is 0 Å². The predicted octanol–water partition coefficient (Wildman–Crippen LogP) is 2.23. The van der Waals surface area contributed by atoms with Crippen molar-refractivity contribution in [2.45, 2.75) is 44.3 Å². The van der Waals surface area contributed by atoms with Gasteiger partial charge in [-0.25, -0.2) is 0 Å². The summed E-state index contributed by atoms with van der Waals surface area (Å²) in [7, 11) is 0. The zero-order valence-electron chi connectivity index (χ0n) is 9.80. The fourth-order valence-electron chi connectivity index (χ4n) is 2.50. The zero-order valence-corrected chi connectivity index (χ0v) is 9.80. The third kappa shape index (κ3) is 2.93. The number of benzene rings is 1. The van der Waals surface area contributed by atoms with Gasteiger partial charge < -0.3 is 10.2 Å². The predicted molar refractivity (Wildman–Crippen MR) is 64.8 cm³/mol. The van der Waals surface area contributed by atoms with Gasteiger partial charge in [-0.3, -0.25) is 4.79 Å². The molecule has 3 nitrogen and oxygen atoms in total. The van der Waals surface area contributed by atoms with Crippen LogP contribution in [0.2, 0.25) is 0 Å². The molecule has 0 atom stereocenters. The maximum atomic E-state index is 11.3. The average molecular weight is 234 g/mol. The number of carbonyl (C=O) groups is 1. The van der Waals surface area contributed by atoms with E-state index in [0.29, 0.717) is 11.5 Å². The van der Waals surface area contributed by atoms with Crippen LogP contribution in [0.15, 0.2) is 24.3 Å². The molecule has 0 spiro atoms. The van der Waals surface area contributed by atoms with Gasteiger partial charge in [-0.2, -0.15) is 0 Å². The van der Waals surface area contributed by atoms with Crippen molar-refractivity contribution in [1.29, 1.82) is 0 Å². The third-order valence-corrected chi connectivity index (χ3v) is 3.51. The van der Waals surface area contributed by atoms with Gasteiger partial charge in [0.2, 0.25) is 12.1 Å². The van der Waals surface area contributed by atoms with E-state index in [-0.39, 0.29) is 0 Å². The van der Waals surface area contributed by atoms with Crippen LogP contribution in [0.1, 0.15) is 53.9 Å². The summed E-state index contributed by atoms with van der Waals surface area (Å²) in [6.45, 7) is 0. The first-order chi connectivity index (χ1) is 8.18. The maximum absolute atomic E-state index is 11.3. The van der Waals surface area contributed by atoms with Crippen LogP contribution in [0.3, 0.4) is 0 Å². The van der Waals surface area contributed by atoms with E-state index in [2.05, 4.69) is 0 Å². The van der Waals surface area contributed by atoms with E-state index in [4.69, 9.17) is 10.2 Å². The molecule has 92 valence electrons. The summed E-state index contributed by atoms with van der Waals surface area (Å²) in [6, 6.07) is 7.24. The standard InChI is InChI=1S/C14H18O3/c15-13(14(16)17)12-8-6-11(7-9-12)10-4-2-1-3-5-10/h6-10,14,16-17H,1-5H2. The smallest absolute Gasteiger partial charge is 0.218 e. The van der Waals surface area contributed by atoms with Crippen LogP contribution >= 0.6 is 0 Å². The Labute approximate surface area is 101 Å². The lowest BCUT2D eigenvalue weighted by molar-refractivity contribution is -0.0195. The molecule has 1 aliphatic carbocycles. The summed E-state index contributed by atoms with van der Waals surface area (Å²) < 4.78 is 0. The third-order valence-electron chi connectivity index (χ3n) is 3.51. The van der Waals surface area contributed by atoms with E-state index in [1.807, 2.05) is 12.1 Å². The minimum Gasteiger partial charge on any atom is -0.362 e.